The van der Waals surface area contributed by atoms with E-state index in [1.807, 2.05) is 19.2 Å². The van der Waals surface area contributed by atoms with Crippen molar-refractivity contribution in [2.75, 3.05) is 7.05 Å². The molecule has 1 aliphatic rings. The van der Waals surface area contributed by atoms with E-state index in [2.05, 4.69) is 28.4 Å². The van der Waals surface area contributed by atoms with Crippen LogP contribution in [0.15, 0.2) is 22.7 Å². The first-order valence-corrected chi connectivity index (χ1v) is 7.55. The van der Waals surface area contributed by atoms with E-state index in [9.17, 15) is 0 Å². The zero-order valence-electron chi connectivity index (χ0n) is 12.6. The number of aryl methyl sites for hydroxylation is 1. The largest absolute Gasteiger partial charge is 0.483 e. The SMILES string of the molecule is CCCc1noc(COc2cccc3c2CCC3NC)n1. The van der Waals surface area contributed by atoms with Gasteiger partial charge in [0.25, 0.3) is 5.89 Å². The summed E-state index contributed by atoms with van der Waals surface area (Å²) in [5, 5.41) is 7.28. The molecule has 0 saturated carbocycles. The predicted molar refractivity (Wildman–Crippen MR) is 79.2 cm³/mol. The number of rotatable bonds is 6. The average Bonchev–Trinajstić information content (AvgIpc) is 3.12. The molecule has 0 amide bonds. The van der Waals surface area contributed by atoms with Crippen LogP contribution < -0.4 is 10.1 Å². The fourth-order valence-corrected chi connectivity index (χ4v) is 2.87. The summed E-state index contributed by atoms with van der Waals surface area (Å²) in [6.45, 7) is 2.43. The number of ether oxygens (including phenoxy) is 1. The highest BCUT2D eigenvalue weighted by Crippen LogP contribution is 2.36. The van der Waals surface area contributed by atoms with Crippen molar-refractivity contribution in [1.29, 1.82) is 0 Å². The van der Waals surface area contributed by atoms with Crippen LogP contribution in [0.5, 0.6) is 5.75 Å². The summed E-state index contributed by atoms with van der Waals surface area (Å²) in [6.07, 6.45) is 4.01. The van der Waals surface area contributed by atoms with Crippen molar-refractivity contribution >= 4 is 0 Å². The zero-order chi connectivity index (χ0) is 14.7. The number of aromatic nitrogens is 2. The number of hydrogen-bond acceptors (Lipinski definition) is 5. The normalized spacial score (nSPS) is 17.0. The first-order chi connectivity index (χ1) is 10.3. The topological polar surface area (TPSA) is 60.2 Å². The number of nitrogens with zero attached hydrogens (tertiary/aromatic N) is 2. The van der Waals surface area contributed by atoms with Crippen molar-refractivity contribution in [1.82, 2.24) is 15.5 Å². The van der Waals surface area contributed by atoms with Gasteiger partial charge in [-0.25, -0.2) is 0 Å². The van der Waals surface area contributed by atoms with E-state index in [0.29, 0.717) is 18.5 Å². The molecule has 3 rings (SSSR count). The Labute approximate surface area is 124 Å². The van der Waals surface area contributed by atoms with Gasteiger partial charge in [0.15, 0.2) is 12.4 Å². The van der Waals surface area contributed by atoms with Crippen LogP contribution in [0.2, 0.25) is 0 Å². The van der Waals surface area contributed by atoms with Gasteiger partial charge >= 0.3 is 0 Å². The Morgan fingerprint density at radius 2 is 2.33 bits per heavy atom. The van der Waals surface area contributed by atoms with Crippen LogP contribution in [0.3, 0.4) is 0 Å². The molecule has 21 heavy (non-hydrogen) atoms. The standard InChI is InChI=1S/C16H21N3O2/c1-3-5-15-18-16(21-19-15)10-20-14-7-4-6-11-12(14)8-9-13(11)17-2/h4,6-7,13,17H,3,5,8-10H2,1-2H3. The Kier molecular flexibility index (Phi) is 4.20. The third-order valence-electron chi connectivity index (χ3n) is 3.91. The van der Waals surface area contributed by atoms with Gasteiger partial charge in [0, 0.05) is 12.5 Å². The van der Waals surface area contributed by atoms with E-state index < -0.39 is 0 Å². The van der Waals surface area contributed by atoms with E-state index in [1.54, 1.807) is 0 Å². The Morgan fingerprint density at radius 1 is 1.43 bits per heavy atom. The minimum absolute atomic E-state index is 0.331. The molecule has 0 saturated heterocycles. The van der Waals surface area contributed by atoms with Gasteiger partial charge in [0.2, 0.25) is 0 Å². The second-order valence-electron chi connectivity index (χ2n) is 5.35. The van der Waals surface area contributed by atoms with Crippen molar-refractivity contribution in [3.63, 3.8) is 0 Å². The van der Waals surface area contributed by atoms with Crippen LogP contribution in [0.25, 0.3) is 0 Å². The Morgan fingerprint density at radius 3 is 3.14 bits per heavy atom. The third-order valence-corrected chi connectivity index (χ3v) is 3.91. The molecule has 5 heteroatoms. The van der Waals surface area contributed by atoms with Crippen molar-refractivity contribution in [3.8, 4) is 5.75 Å². The van der Waals surface area contributed by atoms with Crippen LogP contribution in [0, 0.1) is 0 Å². The molecule has 0 radical (unpaired) electrons. The Hall–Kier alpha value is -1.88. The van der Waals surface area contributed by atoms with Crippen LogP contribution in [-0.4, -0.2) is 17.2 Å². The number of fused-ring (bicyclic) bond motifs is 1. The molecule has 1 aliphatic carbocycles. The molecule has 1 unspecified atom stereocenters. The fraction of sp³-hybridized carbons (Fsp3) is 0.500. The maximum absolute atomic E-state index is 5.90. The van der Waals surface area contributed by atoms with Gasteiger partial charge in [-0.2, -0.15) is 4.98 Å². The maximum atomic E-state index is 5.90. The molecule has 1 heterocycles. The summed E-state index contributed by atoms with van der Waals surface area (Å²) in [5.74, 6) is 2.23. The molecule has 5 nitrogen and oxygen atoms in total. The van der Waals surface area contributed by atoms with Gasteiger partial charge in [0.1, 0.15) is 5.75 Å². The summed E-state index contributed by atoms with van der Waals surface area (Å²) in [4.78, 5) is 4.32. The number of nitrogens with one attached hydrogen (secondary N) is 1. The monoisotopic (exact) mass is 287 g/mol. The first kappa shape index (κ1) is 14.1. The lowest BCUT2D eigenvalue weighted by atomic mass is 10.1. The van der Waals surface area contributed by atoms with Crippen molar-refractivity contribution in [3.05, 3.63) is 41.0 Å². The minimum atomic E-state index is 0.331. The lowest BCUT2D eigenvalue weighted by Gasteiger charge is -2.12. The quantitative estimate of drug-likeness (QED) is 0.885. The summed E-state index contributed by atoms with van der Waals surface area (Å²) >= 11 is 0. The molecule has 0 fully saturated rings. The van der Waals surface area contributed by atoms with Gasteiger partial charge in [-0.3, -0.25) is 0 Å². The van der Waals surface area contributed by atoms with Crippen molar-refractivity contribution in [2.45, 2.75) is 45.3 Å². The van der Waals surface area contributed by atoms with Crippen LogP contribution in [0.4, 0.5) is 0 Å². The molecule has 112 valence electrons. The van der Waals surface area contributed by atoms with E-state index >= 15 is 0 Å². The number of benzene rings is 1. The van der Waals surface area contributed by atoms with E-state index in [1.165, 1.54) is 11.1 Å². The highest BCUT2D eigenvalue weighted by molar-refractivity contribution is 5.45. The predicted octanol–water partition coefficient (Wildman–Crippen LogP) is 2.81. The Balaban J connectivity index is 1.69. The molecule has 0 bridgehead atoms. The molecule has 1 N–H and O–H groups in total. The Bertz CT molecular complexity index is 609. The number of hydrogen-bond donors (Lipinski definition) is 1. The molecule has 2 aromatic rings. The van der Waals surface area contributed by atoms with Crippen LogP contribution >= 0.6 is 0 Å². The summed E-state index contributed by atoms with van der Waals surface area (Å²) < 4.78 is 11.1. The molecule has 1 aromatic carbocycles. The van der Waals surface area contributed by atoms with Gasteiger partial charge < -0.3 is 14.6 Å². The van der Waals surface area contributed by atoms with Gasteiger partial charge in [-0.15, -0.1) is 0 Å². The maximum Gasteiger partial charge on any atom is 0.264 e. The van der Waals surface area contributed by atoms with Crippen LogP contribution in [0.1, 0.15) is 48.6 Å². The van der Waals surface area contributed by atoms with E-state index in [0.717, 1.165) is 37.3 Å². The molecule has 1 aromatic heterocycles. The lowest BCUT2D eigenvalue weighted by molar-refractivity contribution is 0.241. The summed E-state index contributed by atoms with van der Waals surface area (Å²) in [5.41, 5.74) is 2.64. The molecular formula is C16H21N3O2. The second-order valence-corrected chi connectivity index (χ2v) is 5.35. The molecule has 0 aliphatic heterocycles. The molecule has 1 atom stereocenters. The zero-order valence-corrected chi connectivity index (χ0v) is 12.6. The second kappa shape index (κ2) is 6.26. The lowest BCUT2D eigenvalue weighted by Crippen LogP contribution is -2.12. The molecular weight excluding hydrogens is 266 g/mol. The van der Waals surface area contributed by atoms with Crippen molar-refractivity contribution in [2.24, 2.45) is 0 Å². The van der Waals surface area contributed by atoms with E-state index in [-0.39, 0.29) is 0 Å². The minimum Gasteiger partial charge on any atom is -0.483 e. The molecule has 0 spiro atoms. The van der Waals surface area contributed by atoms with E-state index in [4.69, 9.17) is 9.26 Å². The highest BCUT2D eigenvalue weighted by Gasteiger charge is 2.24. The van der Waals surface area contributed by atoms with Crippen molar-refractivity contribution < 1.29 is 9.26 Å². The average molecular weight is 287 g/mol. The van der Waals surface area contributed by atoms with Gasteiger partial charge in [-0.1, -0.05) is 24.2 Å². The van der Waals surface area contributed by atoms with Gasteiger partial charge in [0.05, 0.1) is 0 Å². The fourth-order valence-electron chi connectivity index (χ4n) is 2.87. The highest BCUT2D eigenvalue weighted by atomic mass is 16.5. The van der Waals surface area contributed by atoms with Gasteiger partial charge in [-0.05, 0) is 43.5 Å². The third kappa shape index (κ3) is 2.93. The smallest absolute Gasteiger partial charge is 0.264 e. The first-order valence-electron chi connectivity index (χ1n) is 7.55. The summed E-state index contributed by atoms with van der Waals surface area (Å²) in [6, 6.07) is 6.66. The van der Waals surface area contributed by atoms with Crippen LogP contribution in [-0.2, 0) is 19.4 Å². The summed E-state index contributed by atoms with van der Waals surface area (Å²) in [7, 11) is 2.00.